The predicted octanol–water partition coefficient (Wildman–Crippen LogP) is 6.92. The van der Waals surface area contributed by atoms with Gasteiger partial charge in [-0.25, -0.2) is 9.78 Å². The van der Waals surface area contributed by atoms with Crippen molar-refractivity contribution in [3.8, 4) is 17.1 Å². The highest BCUT2D eigenvalue weighted by atomic mass is 16.5. The fourth-order valence-corrected chi connectivity index (χ4v) is 4.96. The second-order valence-electron chi connectivity index (χ2n) is 9.07. The largest absolute Gasteiger partial charge is 0.494 e. The van der Waals surface area contributed by atoms with Crippen molar-refractivity contribution in [2.24, 2.45) is 0 Å². The number of aromatic carboxylic acids is 1. The first kappa shape index (κ1) is 22.2. The summed E-state index contributed by atoms with van der Waals surface area (Å²) in [5.41, 5.74) is 4.37. The molecule has 1 aromatic heterocycles. The molecule has 174 valence electrons. The summed E-state index contributed by atoms with van der Waals surface area (Å²) in [6.07, 6.45) is 7.93. The Bertz CT molecular complexity index is 1260. The molecule has 0 aliphatic heterocycles. The minimum absolute atomic E-state index is 0.270. The molecule has 0 bridgehead atoms. The van der Waals surface area contributed by atoms with Crippen LogP contribution >= 0.6 is 0 Å². The minimum Gasteiger partial charge on any atom is -0.494 e. The number of nitrogens with zero attached hydrogens (tertiary/aromatic N) is 2. The van der Waals surface area contributed by atoms with Gasteiger partial charge in [0.1, 0.15) is 11.6 Å². The number of carbonyl (C=O) groups is 1. The second kappa shape index (κ2) is 10.1. The van der Waals surface area contributed by atoms with Gasteiger partial charge >= 0.3 is 5.97 Å². The standard InChI is InChI=1S/C29H30N2O3/c32-29(33)23-15-18-27-26(20-23)30-28(31(27)24-11-5-2-6-12-24)22-13-16-25(17-14-22)34-19-7-10-21-8-3-1-4-9-21/h1,3-4,8-9,13-18,20,24H,2,5-7,10-12,19H2,(H,32,33). The Hall–Kier alpha value is -3.60. The summed E-state index contributed by atoms with van der Waals surface area (Å²) in [5.74, 6) is 0.829. The highest BCUT2D eigenvalue weighted by Crippen LogP contribution is 2.36. The third kappa shape index (κ3) is 4.84. The van der Waals surface area contributed by atoms with Crippen LogP contribution in [0, 0.1) is 0 Å². The van der Waals surface area contributed by atoms with Gasteiger partial charge in [-0.3, -0.25) is 0 Å². The molecule has 0 radical (unpaired) electrons. The molecule has 0 amide bonds. The average molecular weight is 455 g/mol. The van der Waals surface area contributed by atoms with Crippen LogP contribution in [0.15, 0.2) is 72.8 Å². The number of rotatable bonds is 8. The zero-order valence-electron chi connectivity index (χ0n) is 19.3. The van der Waals surface area contributed by atoms with Gasteiger partial charge in [0, 0.05) is 11.6 Å². The molecule has 1 aliphatic carbocycles. The normalized spacial score (nSPS) is 14.4. The van der Waals surface area contributed by atoms with Crippen molar-refractivity contribution in [3.05, 3.63) is 83.9 Å². The summed E-state index contributed by atoms with van der Waals surface area (Å²) in [6.45, 7) is 0.673. The van der Waals surface area contributed by atoms with E-state index in [2.05, 4.69) is 41.0 Å². The van der Waals surface area contributed by atoms with Crippen molar-refractivity contribution in [1.29, 1.82) is 0 Å². The Kier molecular flexibility index (Phi) is 6.61. The molecule has 1 heterocycles. The van der Waals surface area contributed by atoms with E-state index in [1.165, 1.54) is 24.8 Å². The number of carboxylic acids is 1. The van der Waals surface area contributed by atoms with E-state index in [-0.39, 0.29) is 5.56 Å². The molecule has 1 aliphatic rings. The Morgan fingerprint density at radius 3 is 2.47 bits per heavy atom. The monoisotopic (exact) mass is 454 g/mol. The van der Waals surface area contributed by atoms with E-state index in [9.17, 15) is 9.90 Å². The zero-order chi connectivity index (χ0) is 23.3. The lowest BCUT2D eigenvalue weighted by Crippen LogP contribution is -2.14. The van der Waals surface area contributed by atoms with Crippen molar-refractivity contribution in [1.82, 2.24) is 9.55 Å². The molecule has 1 saturated carbocycles. The lowest BCUT2D eigenvalue weighted by Gasteiger charge is -2.25. The molecular formula is C29H30N2O3. The number of aromatic nitrogens is 2. The molecule has 0 saturated heterocycles. The molecule has 5 heteroatoms. The van der Waals surface area contributed by atoms with Crippen molar-refractivity contribution >= 4 is 17.0 Å². The topological polar surface area (TPSA) is 64.3 Å². The predicted molar refractivity (Wildman–Crippen MR) is 135 cm³/mol. The molecule has 0 spiro atoms. The number of hydrogen-bond acceptors (Lipinski definition) is 3. The van der Waals surface area contributed by atoms with Gasteiger partial charge in [-0.1, -0.05) is 49.6 Å². The van der Waals surface area contributed by atoms with Gasteiger partial charge in [0.2, 0.25) is 0 Å². The van der Waals surface area contributed by atoms with Crippen LogP contribution in [-0.4, -0.2) is 27.2 Å². The van der Waals surface area contributed by atoms with Gasteiger partial charge in [0.25, 0.3) is 0 Å². The minimum atomic E-state index is -0.926. The summed E-state index contributed by atoms with van der Waals surface area (Å²) in [6, 6.07) is 24.3. The summed E-state index contributed by atoms with van der Waals surface area (Å²) in [5, 5.41) is 9.42. The maximum atomic E-state index is 11.5. The Morgan fingerprint density at radius 1 is 0.971 bits per heavy atom. The van der Waals surface area contributed by atoms with Gasteiger partial charge in [0.15, 0.2) is 0 Å². The number of benzene rings is 3. The number of hydrogen-bond donors (Lipinski definition) is 1. The van der Waals surface area contributed by atoms with E-state index in [1.54, 1.807) is 12.1 Å². The van der Waals surface area contributed by atoms with Crippen LogP contribution in [0.25, 0.3) is 22.4 Å². The number of imidazole rings is 1. The van der Waals surface area contributed by atoms with E-state index in [4.69, 9.17) is 9.72 Å². The van der Waals surface area contributed by atoms with Crippen molar-refractivity contribution in [2.45, 2.75) is 51.0 Å². The SMILES string of the molecule is O=C(O)c1ccc2c(c1)nc(-c1ccc(OCCCc3ccccc3)cc1)n2C1CCCCC1. The maximum absolute atomic E-state index is 11.5. The first-order valence-electron chi connectivity index (χ1n) is 12.2. The maximum Gasteiger partial charge on any atom is 0.335 e. The van der Waals surface area contributed by atoms with Crippen molar-refractivity contribution in [2.75, 3.05) is 6.61 Å². The Labute approximate surface area is 200 Å². The number of ether oxygens (including phenoxy) is 1. The number of aryl methyl sites for hydroxylation is 1. The molecule has 5 rings (SSSR count). The zero-order valence-corrected chi connectivity index (χ0v) is 19.3. The van der Waals surface area contributed by atoms with Gasteiger partial charge in [-0.05, 0) is 73.7 Å². The van der Waals surface area contributed by atoms with E-state index in [1.807, 2.05) is 24.3 Å². The fraction of sp³-hybridized carbons (Fsp3) is 0.310. The molecule has 34 heavy (non-hydrogen) atoms. The molecule has 4 aromatic rings. The second-order valence-corrected chi connectivity index (χ2v) is 9.07. The van der Waals surface area contributed by atoms with Crippen LogP contribution in [0.4, 0.5) is 0 Å². The molecule has 5 nitrogen and oxygen atoms in total. The Balaban J connectivity index is 1.36. The van der Waals surface area contributed by atoms with Crippen LogP contribution in [-0.2, 0) is 6.42 Å². The van der Waals surface area contributed by atoms with E-state index < -0.39 is 5.97 Å². The van der Waals surface area contributed by atoms with Gasteiger partial charge < -0.3 is 14.4 Å². The summed E-state index contributed by atoms with van der Waals surface area (Å²) >= 11 is 0. The highest BCUT2D eigenvalue weighted by Gasteiger charge is 2.23. The molecular weight excluding hydrogens is 424 g/mol. The van der Waals surface area contributed by atoms with E-state index in [0.717, 1.165) is 53.9 Å². The lowest BCUT2D eigenvalue weighted by molar-refractivity contribution is 0.0697. The molecule has 3 aromatic carbocycles. The third-order valence-electron chi connectivity index (χ3n) is 6.71. The van der Waals surface area contributed by atoms with Crippen LogP contribution < -0.4 is 4.74 Å². The van der Waals surface area contributed by atoms with Crippen LogP contribution in [0.2, 0.25) is 0 Å². The number of fused-ring (bicyclic) bond motifs is 1. The van der Waals surface area contributed by atoms with Crippen LogP contribution in [0.3, 0.4) is 0 Å². The Morgan fingerprint density at radius 2 is 1.74 bits per heavy atom. The van der Waals surface area contributed by atoms with Crippen LogP contribution in [0.1, 0.15) is 60.5 Å². The first-order valence-corrected chi connectivity index (χ1v) is 12.2. The van der Waals surface area contributed by atoms with Crippen LogP contribution in [0.5, 0.6) is 5.75 Å². The smallest absolute Gasteiger partial charge is 0.335 e. The van der Waals surface area contributed by atoms with Gasteiger partial charge in [0.05, 0.1) is 23.2 Å². The molecule has 0 unspecified atom stereocenters. The van der Waals surface area contributed by atoms with Crippen molar-refractivity contribution < 1.29 is 14.6 Å². The summed E-state index contributed by atoms with van der Waals surface area (Å²) in [7, 11) is 0. The molecule has 0 atom stereocenters. The first-order chi connectivity index (χ1) is 16.7. The molecule has 1 fully saturated rings. The summed E-state index contributed by atoms with van der Waals surface area (Å²) < 4.78 is 8.30. The van der Waals surface area contributed by atoms with Gasteiger partial charge in [-0.15, -0.1) is 0 Å². The number of carboxylic acid groups (broad SMARTS) is 1. The fourth-order valence-electron chi connectivity index (χ4n) is 4.96. The third-order valence-corrected chi connectivity index (χ3v) is 6.71. The highest BCUT2D eigenvalue weighted by molar-refractivity contribution is 5.93. The van der Waals surface area contributed by atoms with Crippen molar-refractivity contribution in [3.63, 3.8) is 0 Å². The lowest BCUT2D eigenvalue weighted by atomic mass is 9.95. The van der Waals surface area contributed by atoms with E-state index in [0.29, 0.717) is 12.6 Å². The van der Waals surface area contributed by atoms with E-state index >= 15 is 0 Å². The molecule has 1 N–H and O–H groups in total. The summed E-state index contributed by atoms with van der Waals surface area (Å²) in [4.78, 5) is 16.4. The van der Waals surface area contributed by atoms with Gasteiger partial charge in [-0.2, -0.15) is 0 Å². The quantitative estimate of drug-likeness (QED) is 0.294. The average Bonchev–Trinajstić information content (AvgIpc) is 3.27.